The number of carbonyl (C=O) groups is 1. The molecule has 0 spiro atoms. The highest BCUT2D eigenvalue weighted by Gasteiger charge is 2.38. The molecule has 3 aliphatic rings. The monoisotopic (exact) mass is 413 g/mol. The van der Waals surface area contributed by atoms with Crippen LogP contribution in [0.25, 0.3) is 11.2 Å². The number of imidazole rings is 1. The summed E-state index contributed by atoms with van der Waals surface area (Å²) < 4.78 is 7.57. The van der Waals surface area contributed by atoms with Crippen LogP contribution in [0.15, 0.2) is 18.6 Å². The van der Waals surface area contributed by atoms with Gasteiger partial charge in [-0.25, -0.2) is 9.97 Å². The normalized spacial score (nSPS) is 25.1. The van der Waals surface area contributed by atoms with E-state index in [-0.39, 0.29) is 30.7 Å². The predicted octanol–water partition coefficient (Wildman–Crippen LogP) is 2.06. The third-order valence-electron chi connectivity index (χ3n) is 5.89. The first-order valence-corrected chi connectivity index (χ1v) is 9.22. The van der Waals surface area contributed by atoms with Gasteiger partial charge in [-0.1, -0.05) is 0 Å². The second kappa shape index (κ2) is 8.31. The molecule has 2 aromatic rings. The van der Waals surface area contributed by atoms with Gasteiger partial charge in [0.25, 0.3) is 5.91 Å². The molecule has 0 unspecified atom stereocenters. The van der Waals surface area contributed by atoms with Crippen LogP contribution < -0.4 is 5.32 Å². The molecule has 3 fully saturated rings. The standard InChI is InChI=1S/C18H23N5O2.2ClH/c24-18(22-9-12-1-4-19-16(12)10-22)13-7-15-17(20-8-13)23(11-21-15)14-2-5-25-6-3-14;;/h7-8,11-12,14,16,19H,1-6,9-10H2;2*1H/t12-,16+;;/m0../s1. The van der Waals surface area contributed by atoms with Gasteiger partial charge >= 0.3 is 0 Å². The van der Waals surface area contributed by atoms with Crippen LogP contribution in [0.3, 0.4) is 0 Å². The molecule has 0 saturated carbocycles. The van der Waals surface area contributed by atoms with Gasteiger partial charge in [-0.15, -0.1) is 24.8 Å². The van der Waals surface area contributed by atoms with E-state index in [9.17, 15) is 4.79 Å². The number of aromatic nitrogens is 3. The number of hydrogen-bond acceptors (Lipinski definition) is 5. The molecule has 5 heterocycles. The number of rotatable bonds is 2. The van der Waals surface area contributed by atoms with Gasteiger partial charge in [-0.3, -0.25) is 4.79 Å². The number of hydrogen-bond donors (Lipinski definition) is 1. The smallest absolute Gasteiger partial charge is 0.255 e. The Labute approximate surface area is 170 Å². The lowest BCUT2D eigenvalue weighted by atomic mass is 10.1. The molecule has 148 valence electrons. The Morgan fingerprint density at radius 3 is 2.74 bits per heavy atom. The fourth-order valence-electron chi connectivity index (χ4n) is 4.46. The van der Waals surface area contributed by atoms with Crippen LogP contribution in [0.2, 0.25) is 0 Å². The Hall–Kier alpha value is -1.41. The number of likely N-dealkylation sites (tertiary alicyclic amines) is 1. The van der Waals surface area contributed by atoms with Crippen molar-refractivity contribution in [2.45, 2.75) is 31.3 Å². The zero-order chi connectivity index (χ0) is 16.8. The van der Waals surface area contributed by atoms with E-state index in [2.05, 4.69) is 19.9 Å². The first kappa shape index (κ1) is 20.3. The number of nitrogens with zero attached hydrogens (tertiary/aromatic N) is 4. The first-order valence-electron chi connectivity index (χ1n) is 9.22. The van der Waals surface area contributed by atoms with Crippen molar-refractivity contribution in [2.75, 3.05) is 32.8 Å². The molecule has 0 radical (unpaired) electrons. The van der Waals surface area contributed by atoms with Crippen LogP contribution in [0.1, 0.15) is 35.7 Å². The zero-order valence-corrected chi connectivity index (χ0v) is 16.7. The van der Waals surface area contributed by atoms with Crippen LogP contribution in [0.4, 0.5) is 0 Å². The van der Waals surface area contributed by atoms with Gasteiger partial charge in [0.1, 0.15) is 5.52 Å². The molecule has 2 atom stereocenters. The molecule has 2 aromatic heterocycles. The maximum absolute atomic E-state index is 12.8. The number of pyridine rings is 1. The van der Waals surface area contributed by atoms with Crippen molar-refractivity contribution < 1.29 is 9.53 Å². The molecule has 0 aromatic carbocycles. The molecule has 7 nitrogen and oxygen atoms in total. The maximum Gasteiger partial charge on any atom is 0.255 e. The summed E-state index contributed by atoms with van der Waals surface area (Å²) in [4.78, 5) is 23.9. The third-order valence-corrected chi connectivity index (χ3v) is 5.89. The maximum atomic E-state index is 12.8. The molecule has 3 saturated heterocycles. The largest absolute Gasteiger partial charge is 0.381 e. The summed E-state index contributed by atoms with van der Waals surface area (Å²) in [6.45, 7) is 4.30. The summed E-state index contributed by atoms with van der Waals surface area (Å²) in [5, 5.41) is 3.49. The summed E-state index contributed by atoms with van der Waals surface area (Å²) in [5.41, 5.74) is 2.31. The molecule has 9 heteroatoms. The van der Waals surface area contributed by atoms with E-state index in [1.54, 1.807) is 6.20 Å². The van der Waals surface area contributed by atoms with Crippen LogP contribution in [-0.4, -0.2) is 64.2 Å². The minimum atomic E-state index is 0. The lowest BCUT2D eigenvalue weighted by Gasteiger charge is -2.23. The van der Waals surface area contributed by atoms with Gasteiger partial charge in [-0.05, 0) is 37.8 Å². The Kier molecular flexibility index (Phi) is 6.25. The Morgan fingerprint density at radius 2 is 1.96 bits per heavy atom. The van der Waals surface area contributed by atoms with Crippen molar-refractivity contribution in [3.05, 3.63) is 24.2 Å². The number of carbonyl (C=O) groups excluding carboxylic acids is 1. The first-order chi connectivity index (χ1) is 12.3. The van der Waals surface area contributed by atoms with Crippen molar-refractivity contribution in [1.82, 2.24) is 24.8 Å². The fraction of sp³-hybridized carbons (Fsp3) is 0.611. The fourth-order valence-corrected chi connectivity index (χ4v) is 4.46. The quantitative estimate of drug-likeness (QED) is 0.815. The van der Waals surface area contributed by atoms with Crippen molar-refractivity contribution in [3.63, 3.8) is 0 Å². The number of amides is 1. The number of ether oxygens (including phenoxy) is 1. The summed E-state index contributed by atoms with van der Waals surface area (Å²) in [7, 11) is 0. The lowest BCUT2D eigenvalue weighted by Crippen LogP contribution is -2.34. The summed E-state index contributed by atoms with van der Waals surface area (Å²) in [5.74, 6) is 0.680. The van der Waals surface area contributed by atoms with Gasteiger partial charge in [0.05, 0.1) is 11.9 Å². The van der Waals surface area contributed by atoms with Crippen LogP contribution in [-0.2, 0) is 4.74 Å². The summed E-state index contributed by atoms with van der Waals surface area (Å²) in [6, 6.07) is 2.74. The van der Waals surface area contributed by atoms with E-state index in [4.69, 9.17) is 4.74 Å². The number of nitrogens with one attached hydrogen (secondary N) is 1. The molecule has 0 aliphatic carbocycles. The molecule has 0 bridgehead atoms. The van der Waals surface area contributed by atoms with Crippen molar-refractivity contribution in [1.29, 1.82) is 0 Å². The zero-order valence-electron chi connectivity index (χ0n) is 15.0. The van der Waals surface area contributed by atoms with Gasteiger partial charge < -0.3 is 19.5 Å². The SMILES string of the molecule is Cl.Cl.O=C(c1cnc2c(c1)ncn2C1CCOCC1)N1C[C@@H]2CCN[C@@H]2C1. The molecule has 1 amide bonds. The van der Waals surface area contributed by atoms with Crippen LogP contribution >= 0.6 is 24.8 Å². The van der Waals surface area contributed by atoms with Crippen molar-refractivity contribution >= 4 is 41.9 Å². The predicted molar refractivity (Wildman–Crippen MR) is 107 cm³/mol. The highest BCUT2D eigenvalue weighted by molar-refractivity contribution is 5.96. The minimum Gasteiger partial charge on any atom is -0.381 e. The molecular weight excluding hydrogens is 389 g/mol. The number of halogens is 2. The lowest BCUT2D eigenvalue weighted by molar-refractivity contribution is 0.0704. The average molecular weight is 414 g/mol. The summed E-state index contributed by atoms with van der Waals surface area (Å²) >= 11 is 0. The average Bonchev–Trinajstić information content (AvgIpc) is 3.35. The van der Waals surface area contributed by atoms with E-state index in [0.717, 1.165) is 56.9 Å². The Balaban J connectivity index is 0.00000105. The topological polar surface area (TPSA) is 72.3 Å². The molecule has 5 rings (SSSR count). The Morgan fingerprint density at radius 1 is 1.15 bits per heavy atom. The second-order valence-electron chi connectivity index (χ2n) is 7.38. The highest BCUT2D eigenvalue weighted by Crippen LogP contribution is 2.27. The van der Waals surface area contributed by atoms with Crippen LogP contribution in [0.5, 0.6) is 0 Å². The van der Waals surface area contributed by atoms with E-state index in [0.29, 0.717) is 23.6 Å². The van der Waals surface area contributed by atoms with Crippen LogP contribution in [0, 0.1) is 5.92 Å². The van der Waals surface area contributed by atoms with E-state index in [1.165, 1.54) is 6.42 Å². The van der Waals surface area contributed by atoms with Gasteiger partial charge in [0.2, 0.25) is 0 Å². The van der Waals surface area contributed by atoms with Gasteiger partial charge in [0, 0.05) is 44.6 Å². The van der Waals surface area contributed by atoms with Gasteiger partial charge in [-0.2, -0.15) is 0 Å². The van der Waals surface area contributed by atoms with E-state index < -0.39 is 0 Å². The molecule has 1 N–H and O–H groups in total. The number of fused-ring (bicyclic) bond motifs is 2. The van der Waals surface area contributed by atoms with E-state index in [1.807, 2.05) is 17.3 Å². The second-order valence-corrected chi connectivity index (χ2v) is 7.38. The molecule has 3 aliphatic heterocycles. The van der Waals surface area contributed by atoms with Crippen molar-refractivity contribution in [3.8, 4) is 0 Å². The third kappa shape index (κ3) is 3.66. The Bertz CT molecular complexity index is 796. The minimum absolute atomic E-state index is 0. The van der Waals surface area contributed by atoms with E-state index >= 15 is 0 Å². The molecule has 27 heavy (non-hydrogen) atoms. The highest BCUT2D eigenvalue weighted by atomic mass is 35.5. The molecular formula is C18H25Cl2N5O2. The summed E-state index contributed by atoms with van der Waals surface area (Å²) in [6.07, 6.45) is 6.70. The van der Waals surface area contributed by atoms with Gasteiger partial charge in [0.15, 0.2) is 5.65 Å². The van der Waals surface area contributed by atoms with Crippen molar-refractivity contribution in [2.24, 2.45) is 5.92 Å².